The Kier molecular flexibility index (Phi) is 5.84. The van der Waals surface area contributed by atoms with Crippen LogP contribution in [-0.4, -0.2) is 41.3 Å². The molecule has 0 saturated carbocycles. The van der Waals surface area contributed by atoms with E-state index in [9.17, 15) is 4.79 Å². The summed E-state index contributed by atoms with van der Waals surface area (Å²) in [6.07, 6.45) is 1.60. The Balaban J connectivity index is 2.84. The number of anilines is 1. The van der Waals surface area contributed by atoms with Gasteiger partial charge in [-0.2, -0.15) is 9.97 Å². The standard InChI is InChI=1S/C12H19N3O4/c1-4-5-8(6-11(16)17)13-12-14-9(18-2)7-10(15-12)19-3/h7-8H,4-6H2,1-3H3,(H,16,17)(H,13,14,15). The molecule has 0 bridgehead atoms. The van der Waals surface area contributed by atoms with Gasteiger partial charge in [-0.15, -0.1) is 0 Å². The van der Waals surface area contributed by atoms with Crippen molar-refractivity contribution in [3.05, 3.63) is 6.07 Å². The number of nitrogens with zero attached hydrogens (tertiary/aromatic N) is 2. The number of hydrogen-bond donors (Lipinski definition) is 2. The summed E-state index contributed by atoms with van der Waals surface area (Å²) >= 11 is 0. The Morgan fingerprint density at radius 3 is 2.37 bits per heavy atom. The summed E-state index contributed by atoms with van der Waals surface area (Å²) in [5.74, 6) is 0.163. The zero-order chi connectivity index (χ0) is 14.3. The Morgan fingerprint density at radius 2 is 1.95 bits per heavy atom. The molecule has 1 rings (SSSR count). The van der Waals surface area contributed by atoms with Gasteiger partial charge < -0.3 is 19.9 Å². The van der Waals surface area contributed by atoms with Gasteiger partial charge in [0.15, 0.2) is 0 Å². The lowest BCUT2D eigenvalue weighted by molar-refractivity contribution is -0.137. The largest absolute Gasteiger partial charge is 0.481 e. The van der Waals surface area contributed by atoms with E-state index in [1.54, 1.807) is 6.07 Å². The van der Waals surface area contributed by atoms with Crippen LogP contribution in [0.1, 0.15) is 26.2 Å². The number of aliphatic carboxylic acids is 1. The monoisotopic (exact) mass is 269 g/mol. The van der Waals surface area contributed by atoms with Gasteiger partial charge in [-0.1, -0.05) is 13.3 Å². The normalized spacial score (nSPS) is 11.7. The molecule has 1 aromatic heterocycles. The van der Waals surface area contributed by atoms with E-state index in [4.69, 9.17) is 14.6 Å². The molecule has 7 heteroatoms. The van der Waals surface area contributed by atoms with Gasteiger partial charge in [0.1, 0.15) is 0 Å². The summed E-state index contributed by atoms with van der Waals surface area (Å²) in [5, 5.41) is 11.9. The van der Waals surface area contributed by atoms with Crippen LogP contribution in [0, 0.1) is 0 Å². The number of rotatable bonds is 8. The first-order valence-electron chi connectivity index (χ1n) is 6.04. The molecule has 1 atom stereocenters. The topological polar surface area (TPSA) is 93.6 Å². The number of carboxylic acid groups (broad SMARTS) is 1. The predicted octanol–water partition coefficient (Wildman–Crippen LogP) is 1.55. The number of carboxylic acids is 1. The van der Waals surface area contributed by atoms with Crippen LogP contribution in [0.5, 0.6) is 11.8 Å². The van der Waals surface area contributed by atoms with E-state index in [0.717, 1.165) is 12.8 Å². The molecule has 0 aliphatic carbocycles. The van der Waals surface area contributed by atoms with E-state index in [2.05, 4.69) is 15.3 Å². The van der Waals surface area contributed by atoms with Gasteiger partial charge in [-0.3, -0.25) is 4.79 Å². The molecule has 1 aromatic rings. The highest BCUT2D eigenvalue weighted by atomic mass is 16.5. The Morgan fingerprint density at radius 1 is 1.37 bits per heavy atom. The summed E-state index contributed by atoms with van der Waals surface area (Å²) in [5.41, 5.74) is 0. The van der Waals surface area contributed by atoms with E-state index >= 15 is 0 Å². The first kappa shape index (κ1) is 15.0. The number of aromatic nitrogens is 2. The molecule has 7 nitrogen and oxygen atoms in total. The minimum Gasteiger partial charge on any atom is -0.481 e. The van der Waals surface area contributed by atoms with Crippen LogP contribution in [0.4, 0.5) is 5.95 Å². The van der Waals surface area contributed by atoms with Crippen molar-refractivity contribution in [1.82, 2.24) is 9.97 Å². The molecule has 0 saturated heterocycles. The van der Waals surface area contributed by atoms with Gasteiger partial charge in [-0.25, -0.2) is 0 Å². The number of hydrogen-bond acceptors (Lipinski definition) is 6. The first-order chi connectivity index (χ1) is 9.08. The van der Waals surface area contributed by atoms with Crippen LogP contribution in [0.2, 0.25) is 0 Å². The Labute approximate surface area is 112 Å². The average molecular weight is 269 g/mol. The third-order valence-electron chi connectivity index (χ3n) is 2.49. The second kappa shape index (κ2) is 7.40. The van der Waals surface area contributed by atoms with Gasteiger partial charge in [0, 0.05) is 6.04 Å². The third kappa shape index (κ3) is 4.99. The lowest BCUT2D eigenvalue weighted by Gasteiger charge is -2.16. The van der Waals surface area contributed by atoms with E-state index in [1.807, 2.05) is 6.92 Å². The molecular weight excluding hydrogens is 250 g/mol. The molecule has 19 heavy (non-hydrogen) atoms. The molecule has 0 radical (unpaired) electrons. The van der Waals surface area contributed by atoms with Crippen molar-refractivity contribution in [2.75, 3.05) is 19.5 Å². The molecular formula is C12H19N3O4. The van der Waals surface area contributed by atoms with Crippen LogP contribution >= 0.6 is 0 Å². The quantitative estimate of drug-likeness (QED) is 0.739. The summed E-state index contributed by atoms with van der Waals surface area (Å²) in [6.45, 7) is 1.99. The Bertz CT molecular complexity index is 403. The van der Waals surface area contributed by atoms with Gasteiger partial charge in [0.2, 0.25) is 17.7 Å². The second-order valence-electron chi connectivity index (χ2n) is 4.00. The molecule has 1 unspecified atom stereocenters. The van der Waals surface area contributed by atoms with Crippen LogP contribution < -0.4 is 14.8 Å². The summed E-state index contributed by atoms with van der Waals surface area (Å²) in [7, 11) is 2.98. The average Bonchev–Trinajstić information content (AvgIpc) is 2.37. The second-order valence-corrected chi connectivity index (χ2v) is 4.00. The molecule has 0 aliphatic rings. The van der Waals surface area contributed by atoms with Crippen LogP contribution in [-0.2, 0) is 4.79 Å². The highest BCUT2D eigenvalue weighted by Gasteiger charge is 2.14. The zero-order valence-corrected chi connectivity index (χ0v) is 11.3. The fraction of sp³-hybridized carbons (Fsp3) is 0.583. The molecule has 0 aliphatic heterocycles. The maximum absolute atomic E-state index is 10.8. The van der Waals surface area contributed by atoms with Gasteiger partial charge in [-0.05, 0) is 6.42 Å². The maximum atomic E-state index is 10.8. The van der Waals surface area contributed by atoms with Crippen molar-refractivity contribution in [2.45, 2.75) is 32.2 Å². The fourth-order valence-corrected chi connectivity index (χ4v) is 1.64. The van der Waals surface area contributed by atoms with Crippen LogP contribution in [0.15, 0.2) is 6.07 Å². The fourth-order valence-electron chi connectivity index (χ4n) is 1.64. The van der Waals surface area contributed by atoms with E-state index in [0.29, 0.717) is 17.7 Å². The summed E-state index contributed by atoms with van der Waals surface area (Å²) in [4.78, 5) is 19.0. The number of nitrogens with one attached hydrogen (secondary N) is 1. The minimum absolute atomic E-state index is 0.0106. The van der Waals surface area contributed by atoms with Gasteiger partial charge in [0.05, 0.1) is 26.7 Å². The van der Waals surface area contributed by atoms with Crippen LogP contribution in [0.3, 0.4) is 0 Å². The van der Waals surface area contributed by atoms with Crippen molar-refractivity contribution in [1.29, 1.82) is 0 Å². The van der Waals surface area contributed by atoms with Gasteiger partial charge >= 0.3 is 5.97 Å². The molecule has 0 spiro atoms. The lowest BCUT2D eigenvalue weighted by atomic mass is 10.1. The third-order valence-corrected chi connectivity index (χ3v) is 2.49. The van der Waals surface area contributed by atoms with E-state index in [1.165, 1.54) is 14.2 Å². The summed E-state index contributed by atoms with van der Waals surface area (Å²) < 4.78 is 10.1. The van der Waals surface area contributed by atoms with Crippen LogP contribution in [0.25, 0.3) is 0 Å². The van der Waals surface area contributed by atoms with Crippen molar-refractivity contribution < 1.29 is 19.4 Å². The molecule has 2 N–H and O–H groups in total. The number of carbonyl (C=O) groups is 1. The zero-order valence-electron chi connectivity index (χ0n) is 11.3. The van der Waals surface area contributed by atoms with Gasteiger partial charge in [0.25, 0.3) is 0 Å². The maximum Gasteiger partial charge on any atom is 0.305 e. The number of ether oxygens (including phenoxy) is 2. The highest BCUT2D eigenvalue weighted by Crippen LogP contribution is 2.19. The van der Waals surface area contributed by atoms with Crippen molar-refractivity contribution in [3.8, 4) is 11.8 Å². The smallest absolute Gasteiger partial charge is 0.305 e. The van der Waals surface area contributed by atoms with Crippen molar-refractivity contribution in [2.24, 2.45) is 0 Å². The highest BCUT2D eigenvalue weighted by molar-refractivity contribution is 5.68. The van der Waals surface area contributed by atoms with E-state index < -0.39 is 5.97 Å². The molecule has 0 amide bonds. The summed E-state index contributed by atoms with van der Waals surface area (Å²) in [6, 6.07) is 1.33. The van der Waals surface area contributed by atoms with Crippen molar-refractivity contribution in [3.63, 3.8) is 0 Å². The van der Waals surface area contributed by atoms with Crippen molar-refractivity contribution >= 4 is 11.9 Å². The minimum atomic E-state index is -0.860. The molecule has 1 heterocycles. The Hall–Kier alpha value is -2.05. The SMILES string of the molecule is CCCC(CC(=O)O)Nc1nc(OC)cc(OC)n1. The molecule has 106 valence electrons. The lowest BCUT2D eigenvalue weighted by Crippen LogP contribution is -2.24. The van der Waals surface area contributed by atoms with E-state index in [-0.39, 0.29) is 12.5 Å². The molecule has 0 aromatic carbocycles. The first-order valence-corrected chi connectivity index (χ1v) is 6.04. The predicted molar refractivity (Wildman–Crippen MR) is 69.7 cm³/mol. The number of methoxy groups -OCH3 is 2. The molecule has 0 fully saturated rings.